The van der Waals surface area contributed by atoms with Crippen LogP contribution in [0.4, 0.5) is 4.39 Å². The van der Waals surface area contributed by atoms with Gasteiger partial charge in [0.05, 0.1) is 0 Å². The Morgan fingerprint density at radius 1 is 1.08 bits per heavy atom. The van der Waals surface area contributed by atoms with Gasteiger partial charge in [0.25, 0.3) is 0 Å². The zero-order valence-electron chi connectivity index (χ0n) is 14.8. The number of aromatic nitrogens is 3. The van der Waals surface area contributed by atoms with Crippen LogP contribution in [0, 0.1) is 5.82 Å². The quantitative estimate of drug-likeness (QED) is 0.504. The van der Waals surface area contributed by atoms with E-state index in [2.05, 4.69) is 25.8 Å². The van der Waals surface area contributed by atoms with E-state index >= 15 is 0 Å². The smallest absolute Gasteiger partial charge is 0.191 e. The van der Waals surface area contributed by atoms with Crippen molar-refractivity contribution in [1.82, 2.24) is 25.2 Å². The van der Waals surface area contributed by atoms with E-state index in [0.717, 1.165) is 42.5 Å². The predicted molar refractivity (Wildman–Crippen MR) is 101 cm³/mol. The van der Waals surface area contributed by atoms with Crippen LogP contribution in [0.15, 0.2) is 53.7 Å². The summed E-state index contributed by atoms with van der Waals surface area (Å²) in [6.45, 7) is 4.16. The second-order valence-corrected chi connectivity index (χ2v) is 5.86. The van der Waals surface area contributed by atoms with E-state index in [1.54, 1.807) is 12.1 Å². The van der Waals surface area contributed by atoms with E-state index in [9.17, 15) is 4.39 Å². The lowest BCUT2D eigenvalue weighted by molar-refractivity contribution is 0.626. The van der Waals surface area contributed by atoms with Gasteiger partial charge in [-0.15, -0.1) is 10.2 Å². The molecule has 0 saturated heterocycles. The fourth-order valence-electron chi connectivity index (χ4n) is 2.65. The Balaban J connectivity index is 1.52. The molecular weight excluding hydrogens is 331 g/mol. The summed E-state index contributed by atoms with van der Waals surface area (Å²) in [6, 6.07) is 12.4. The normalized spacial score (nSPS) is 11.7. The van der Waals surface area contributed by atoms with Gasteiger partial charge in [0, 0.05) is 32.3 Å². The van der Waals surface area contributed by atoms with Crippen LogP contribution in [0.25, 0.3) is 5.65 Å². The van der Waals surface area contributed by atoms with Gasteiger partial charge >= 0.3 is 0 Å². The van der Waals surface area contributed by atoms with Gasteiger partial charge < -0.3 is 10.6 Å². The molecule has 0 radical (unpaired) electrons. The van der Waals surface area contributed by atoms with Crippen molar-refractivity contribution < 1.29 is 4.39 Å². The van der Waals surface area contributed by atoms with Crippen LogP contribution in [-0.2, 0) is 12.8 Å². The molecule has 0 bridgehead atoms. The van der Waals surface area contributed by atoms with Crippen LogP contribution in [0.5, 0.6) is 0 Å². The number of halogens is 1. The van der Waals surface area contributed by atoms with Crippen LogP contribution in [0.3, 0.4) is 0 Å². The standard InChI is InChI=1S/C19H23FN6/c1-2-21-19(22-12-10-15-6-8-16(20)9-7-15)23-13-11-18-25-24-17-5-3-4-14-26(17)18/h3-9,14H,2,10-13H2,1H3,(H2,21,22,23). The van der Waals surface area contributed by atoms with Crippen LogP contribution in [0.2, 0.25) is 0 Å². The fourth-order valence-corrected chi connectivity index (χ4v) is 2.65. The van der Waals surface area contributed by atoms with E-state index in [1.165, 1.54) is 12.1 Å². The van der Waals surface area contributed by atoms with Gasteiger partial charge in [0.15, 0.2) is 11.6 Å². The molecule has 1 aromatic carbocycles. The number of rotatable bonds is 7. The van der Waals surface area contributed by atoms with Crippen molar-refractivity contribution in [2.45, 2.75) is 19.8 Å². The molecule has 0 aliphatic heterocycles. The molecule has 2 N–H and O–H groups in total. The Labute approximate surface area is 152 Å². The van der Waals surface area contributed by atoms with Crippen molar-refractivity contribution in [3.8, 4) is 0 Å². The van der Waals surface area contributed by atoms with E-state index in [4.69, 9.17) is 0 Å². The highest BCUT2D eigenvalue weighted by Gasteiger charge is 2.04. The second kappa shape index (κ2) is 8.94. The minimum Gasteiger partial charge on any atom is -0.357 e. The molecule has 26 heavy (non-hydrogen) atoms. The molecule has 0 saturated carbocycles. The average molecular weight is 354 g/mol. The molecule has 0 fully saturated rings. The summed E-state index contributed by atoms with van der Waals surface area (Å²) in [7, 11) is 0. The highest BCUT2D eigenvalue weighted by molar-refractivity contribution is 5.79. The molecule has 0 aliphatic carbocycles. The third kappa shape index (κ3) is 4.78. The van der Waals surface area contributed by atoms with Gasteiger partial charge in [-0.2, -0.15) is 0 Å². The molecule has 0 aliphatic rings. The molecule has 2 heterocycles. The molecule has 2 aromatic heterocycles. The van der Waals surface area contributed by atoms with E-state index in [-0.39, 0.29) is 5.82 Å². The first-order valence-electron chi connectivity index (χ1n) is 8.81. The number of nitrogens with zero attached hydrogens (tertiary/aromatic N) is 4. The molecule has 3 aromatic rings. The van der Waals surface area contributed by atoms with E-state index in [0.29, 0.717) is 13.0 Å². The van der Waals surface area contributed by atoms with Gasteiger partial charge in [-0.3, -0.25) is 9.39 Å². The molecular formula is C19H23FN6. The highest BCUT2D eigenvalue weighted by atomic mass is 19.1. The molecule has 3 rings (SSSR count). The van der Waals surface area contributed by atoms with Crippen molar-refractivity contribution in [2.24, 2.45) is 4.99 Å². The second-order valence-electron chi connectivity index (χ2n) is 5.86. The van der Waals surface area contributed by atoms with Gasteiger partial charge in [-0.1, -0.05) is 18.2 Å². The van der Waals surface area contributed by atoms with Gasteiger partial charge in [0.2, 0.25) is 0 Å². The van der Waals surface area contributed by atoms with E-state index in [1.807, 2.05) is 35.7 Å². The summed E-state index contributed by atoms with van der Waals surface area (Å²) in [6.07, 6.45) is 3.47. The van der Waals surface area contributed by atoms with Crippen molar-refractivity contribution in [3.05, 3.63) is 65.9 Å². The number of hydrogen-bond donors (Lipinski definition) is 2. The third-order valence-corrected chi connectivity index (χ3v) is 3.95. The molecule has 0 atom stereocenters. The zero-order valence-corrected chi connectivity index (χ0v) is 14.8. The molecule has 0 unspecified atom stereocenters. The monoisotopic (exact) mass is 354 g/mol. The molecule has 0 amide bonds. The fraction of sp³-hybridized carbons (Fsp3) is 0.316. The minimum absolute atomic E-state index is 0.211. The first kappa shape index (κ1) is 17.8. The molecule has 0 spiro atoms. The van der Waals surface area contributed by atoms with Crippen molar-refractivity contribution in [3.63, 3.8) is 0 Å². The summed E-state index contributed by atoms with van der Waals surface area (Å²) in [4.78, 5) is 4.59. The van der Waals surface area contributed by atoms with Crippen molar-refractivity contribution >= 4 is 11.6 Å². The van der Waals surface area contributed by atoms with Gasteiger partial charge in [-0.05, 0) is 43.2 Å². The van der Waals surface area contributed by atoms with Crippen molar-refractivity contribution in [1.29, 1.82) is 0 Å². The summed E-state index contributed by atoms with van der Waals surface area (Å²) in [5.41, 5.74) is 1.93. The minimum atomic E-state index is -0.211. The molecule has 136 valence electrons. The lowest BCUT2D eigenvalue weighted by Crippen LogP contribution is -2.38. The first-order valence-corrected chi connectivity index (χ1v) is 8.81. The summed E-state index contributed by atoms with van der Waals surface area (Å²) in [5.74, 6) is 1.45. The molecule has 6 nitrogen and oxygen atoms in total. The number of hydrogen-bond acceptors (Lipinski definition) is 3. The largest absolute Gasteiger partial charge is 0.357 e. The maximum absolute atomic E-state index is 12.9. The first-order chi connectivity index (χ1) is 12.8. The topological polar surface area (TPSA) is 66.6 Å². The maximum Gasteiger partial charge on any atom is 0.191 e. The van der Waals surface area contributed by atoms with Crippen LogP contribution in [-0.4, -0.2) is 40.2 Å². The van der Waals surface area contributed by atoms with Gasteiger partial charge in [0.1, 0.15) is 11.6 Å². The number of aliphatic imine (C=N–C) groups is 1. The van der Waals surface area contributed by atoms with Crippen LogP contribution < -0.4 is 10.6 Å². The number of nitrogens with one attached hydrogen (secondary N) is 2. The average Bonchev–Trinajstić information content (AvgIpc) is 3.07. The summed E-state index contributed by atoms with van der Waals surface area (Å²) in [5, 5.41) is 14.9. The van der Waals surface area contributed by atoms with Gasteiger partial charge in [-0.25, -0.2) is 4.39 Å². The predicted octanol–water partition coefficient (Wildman–Crippen LogP) is 2.21. The number of fused-ring (bicyclic) bond motifs is 1. The Morgan fingerprint density at radius 3 is 2.73 bits per heavy atom. The summed E-state index contributed by atoms with van der Waals surface area (Å²) >= 11 is 0. The lowest BCUT2D eigenvalue weighted by atomic mass is 10.1. The summed E-state index contributed by atoms with van der Waals surface area (Å²) < 4.78 is 14.9. The third-order valence-electron chi connectivity index (χ3n) is 3.95. The Hall–Kier alpha value is -2.96. The number of benzene rings is 1. The Kier molecular flexibility index (Phi) is 6.14. The SMILES string of the molecule is CCNC(=NCCc1nnc2ccccn12)NCCc1ccc(F)cc1. The molecule has 7 heteroatoms. The van der Waals surface area contributed by atoms with E-state index < -0.39 is 0 Å². The number of pyridine rings is 1. The van der Waals surface area contributed by atoms with Crippen molar-refractivity contribution in [2.75, 3.05) is 19.6 Å². The highest BCUT2D eigenvalue weighted by Crippen LogP contribution is 2.04. The lowest BCUT2D eigenvalue weighted by Gasteiger charge is -2.11. The van der Waals surface area contributed by atoms with Crippen LogP contribution >= 0.6 is 0 Å². The zero-order chi connectivity index (χ0) is 18.2. The Morgan fingerprint density at radius 2 is 1.92 bits per heavy atom. The Bertz CT molecular complexity index is 856. The maximum atomic E-state index is 12.9. The number of guanidine groups is 1. The van der Waals surface area contributed by atoms with Crippen LogP contribution in [0.1, 0.15) is 18.3 Å².